The quantitative estimate of drug-likeness (QED) is 0.786. The van der Waals surface area contributed by atoms with Gasteiger partial charge in [-0.1, -0.05) is 25.7 Å². The van der Waals surface area contributed by atoms with Crippen LogP contribution in [-0.2, 0) is 9.47 Å². The summed E-state index contributed by atoms with van der Waals surface area (Å²) in [4.78, 5) is 2.47. The van der Waals surface area contributed by atoms with Gasteiger partial charge in [-0.25, -0.2) is 0 Å². The summed E-state index contributed by atoms with van der Waals surface area (Å²) < 4.78 is 12.2. The second-order valence-corrected chi connectivity index (χ2v) is 6.69. The average molecular weight is 284 g/mol. The van der Waals surface area contributed by atoms with Gasteiger partial charge in [0.05, 0.1) is 24.9 Å². The standard InChI is InChI=1S/C16H32N2O2/c1-14(2)18-9-10-19-15(11-18)12-20-16(13-17)7-5-3-4-6-8-16/h14-15H,3-13,17H2,1-2H3. The maximum Gasteiger partial charge on any atom is 0.0936 e. The lowest BCUT2D eigenvalue weighted by atomic mass is 9.94. The number of ether oxygens (including phenoxy) is 2. The highest BCUT2D eigenvalue weighted by Crippen LogP contribution is 2.30. The Balaban J connectivity index is 1.83. The van der Waals surface area contributed by atoms with Crippen LogP contribution >= 0.6 is 0 Å². The van der Waals surface area contributed by atoms with Gasteiger partial charge >= 0.3 is 0 Å². The van der Waals surface area contributed by atoms with Crippen molar-refractivity contribution in [2.75, 3.05) is 32.8 Å². The minimum Gasteiger partial charge on any atom is -0.373 e. The molecule has 1 saturated heterocycles. The van der Waals surface area contributed by atoms with Crippen LogP contribution in [-0.4, -0.2) is 55.5 Å². The zero-order valence-corrected chi connectivity index (χ0v) is 13.3. The Morgan fingerprint density at radius 3 is 2.55 bits per heavy atom. The normalized spacial score (nSPS) is 28.5. The summed E-state index contributed by atoms with van der Waals surface area (Å²) in [6, 6.07) is 0.586. The maximum absolute atomic E-state index is 6.29. The predicted molar refractivity (Wildman–Crippen MR) is 81.9 cm³/mol. The molecule has 0 aromatic carbocycles. The molecule has 4 nitrogen and oxygen atoms in total. The van der Waals surface area contributed by atoms with E-state index in [4.69, 9.17) is 15.2 Å². The van der Waals surface area contributed by atoms with Gasteiger partial charge in [-0.2, -0.15) is 0 Å². The minimum absolute atomic E-state index is 0.0834. The van der Waals surface area contributed by atoms with Crippen LogP contribution in [0.5, 0.6) is 0 Å². The summed E-state index contributed by atoms with van der Waals surface area (Å²) in [5.41, 5.74) is 5.94. The molecule has 0 aromatic heterocycles. The molecule has 1 aliphatic carbocycles. The predicted octanol–water partition coefficient (Wildman–Crippen LogP) is 2.16. The summed E-state index contributed by atoms with van der Waals surface area (Å²) in [5, 5.41) is 0. The molecule has 1 heterocycles. The van der Waals surface area contributed by atoms with Gasteiger partial charge in [-0.15, -0.1) is 0 Å². The first-order valence-electron chi connectivity index (χ1n) is 8.35. The van der Waals surface area contributed by atoms with E-state index in [2.05, 4.69) is 18.7 Å². The van der Waals surface area contributed by atoms with E-state index in [0.717, 1.165) is 32.5 Å². The fourth-order valence-electron chi connectivity index (χ4n) is 3.36. The van der Waals surface area contributed by atoms with Crippen LogP contribution in [0.15, 0.2) is 0 Å². The van der Waals surface area contributed by atoms with Gasteiger partial charge in [0.15, 0.2) is 0 Å². The van der Waals surface area contributed by atoms with E-state index in [-0.39, 0.29) is 11.7 Å². The highest BCUT2D eigenvalue weighted by Gasteiger charge is 2.32. The Bertz CT molecular complexity index is 276. The van der Waals surface area contributed by atoms with Gasteiger partial charge in [-0.05, 0) is 26.7 Å². The van der Waals surface area contributed by atoms with Crippen molar-refractivity contribution in [2.45, 2.75) is 70.1 Å². The number of nitrogens with zero attached hydrogens (tertiary/aromatic N) is 1. The maximum atomic E-state index is 6.29. The van der Waals surface area contributed by atoms with E-state index in [1.807, 2.05) is 0 Å². The lowest BCUT2D eigenvalue weighted by Gasteiger charge is -2.38. The van der Waals surface area contributed by atoms with Gasteiger partial charge in [0.25, 0.3) is 0 Å². The largest absolute Gasteiger partial charge is 0.373 e. The summed E-state index contributed by atoms with van der Waals surface area (Å²) in [7, 11) is 0. The van der Waals surface area contributed by atoms with E-state index in [9.17, 15) is 0 Å². The van der Waals surface area contributed by atoms with Gasteiger partial charge in [0.2, 0.25) is 0 Å². The third kappa shape index (κ3) is 4.42. The number of morpholine rings is 1. The molecular formula is C16H32N2O2. The van der Waals surface area contributed by atoms with E-state index in [1.165, 1.54) is 25.7 Å². The molecule has 2 fully saturated rings. The number of hydrogen-bond acceptors (Lipinski definition) is 4. The van der Waals surface area contributed by atoms with Crippen LogP contribution in [0.4, 0.5) is 0 Å². The van der Waals surface area contributed by atoms with Crippen molar-refractivity contribution in [3.63, 3.8) is 0 Å². The molecule has 1 atom stereocenters. The molecule has 2 N–H and O–H groups in total. The summed E-state index contributed by atoms with van der Waals surface area (Å²) >= 11 is 0. The average Bonchev–Trinajstić information content (AvgIpc) is 2.72. The molecule has 0 amide bonds. The second kappa shape index (κ2) is 7.74. The van der Waals surface area contributed by atoms with Crippen molar-refractivity contribution in [1.82, 2.24) is 4.90 Å². The van der Waals surface area contributed by atoms with E-state index < -0.39 is 0 Å². The SMILES string of the molecule is CC(C)N1CCOC(COC2(CN)CCCCCC2)C1. The zero-order chi connectivity index (χ0) is 14.4. The molecule has 0 radical (unpaired) electrons. The number of rotatable bonds is 5. The lowest BCUT2D eigenvalue weighted by Crippen LogP contribution is -2.49. The highest BCUT2D eigenvalue weighted by atomic mass is 16.5. The molecule has 1 unspecified atom stereocenters. The Labute approximate surface area is 124 Å². The van der Waals surface area contributed by atoms with Gasteiger partial charge in [0.1, 0.15) is 0 Å². The Kier molecular flexibility index (Phi) is 6.27. The number of nitrogens with two attached hydrogens (primary N) is 1. The zero-order valence-electron chi connectivity index (χ0n) is 13.3. The third-order valence-corrected chi connectivity index (χ3v) is 4.86. The van der Waals surface area contributed by atoms with Crippen LogP contribution in [0.1, 0.15) is 52.4 Å². The van der Waals surface area contributed by atoms with Crippen LogP contribution in [0, 0.1) is 0 Å². The molecule has 2 rings (SSSR count). The smallest absolute Gasteiger partial charge is 0.0936 e. The molecule has 0 spiro atoms. The summed E-state index contributed by atoms with van der Waals surface area (Å²) in [5.74, 6) is 0. The topological polar surface area (TPSA) is 47.7 Å². The summed E-state index contributed by atoms with van der Waals surface area (Å²) in [6.45, 7) is 8.68. The molecule has 4 heteroatoms. The van der Waals surface area contributed by atoms with Crippen LogP contribution in [0.25, 0.3) is 0 Å². The Hall–Kier alpha value is -0.160. The fraction of sp³-hybridized carbons (Fsp3) is 1.00. The van der Waals surface area contributed by atoms with Crippen molar-refractivity contribution < 1.29 is 9.47 Å². The molecule has 1 saturated carbocycles. The second-order valence-electron chi connectivity index (χ2n) is 6.69. The Morgan fingerprint density at radius 2 is 1.95 bits per heavy atom. The first-order chi connectivity index (χ1) is 9.65. The first kappa shape index (κ1) is 16.2. The van der Waals surface area contributed by atoms with Crippen LogP contribution < -0.4 is 5.73 Å². The number of hydrogen-bond donors (Lipinski definition) is 1. The first-order valence-corrected chi connectivity index (χ1v) is 8.35. The van der Waals surface area contributed by atoms with Crippen molar-refractivity contribution in [3.05, 3.63) is 0 Å². The van der Waals surface area contributed by atoms with Crippen LogP contribution in [0.3, 0.4) is 0 Å². The summed E-state index contributed by atoms with van der Waals surface area (Å²) in [6.07, 6.45) is 7.59. The van der Waals surface area contributed by atoms with Crippen LogP contribution in [0.2, 0.25) is 0 Å². The molecule has 0 bridgehead atoms. The molecule has 0 aromatic rings. The minimum atomic E-state index is -0.0834. The monoisotopic (exact) mass is 284 g/mol. The highest BCUT2D eigenvalue weighted by molar-refractivity contribution is 4.85. The van der Waals surface area contributed by atoms with E-state index >= 15 is 0 Å². The lowest BCUT2D eigenvalue weighted by molar-refractivity contribution is -0.124. The molecule has 1 aliphatic heterocycles. The van der Waals surface area contributed by atoms with E-state index in [1.54, 1.807) is 0 Å². The van der Waals surface area contributed by atoms with Crippen molar-refractivity contribution >= 4 is 0 Å². The Morgan fingerprint density at radius 1 is 1.25 bits per heavy atom. The molecule has 20 heavy (non-hydrogen) atoms. The molecule has 118 valence electrons. The van der Waals surface area contributed by atoms with Crippen molar-refractivity contribution in [2.24, 2.45) is 5.73 Å². The van der Waals surface area contributed by atoms with E-state index in [0.29, 0.717) is 19.2 Å². The van der Waals surface area contributed by atoms with Crippen molar-refractivity contribution in [1.29, 1.82) is 0 Å². The van der Waals surface area contributed by atoms with Gasteiger partial charge in [0, 0.05) is 25.7 Å². The molecular weight excluding hydrogens is 252 g/mol. The van der Waals surface area contributed by atoms with Gasteiger partial charge in [-0.3, -0.25) is 4.90 Å². The molecule has 2 aliphatic rings. The van der Waals surface area contributed by atoms with Gasteiger partial charge < -0.3 is 15.2 Å². The van der Waals surface area contributed by atoms with Crippen molar-refractivity contribution in [3.8, 4) is 0 Å². The third-order valence-electron chi connectivity index (χ3n) is 4.86. The fourth-order valence-corrected chi connectivity index (χ4v) is 3.36.